The smallest absolute Gasteiger partial charge is 0.345 e. The summed E-state index contributed by atoms with van der Waals surface area (Å²) < 4.78 is 63.4. The van der Waals surface area contributed by atoms with E-state index in [0.29, 0.717) is 24.3 Å². The summed E-state index contributed by atoms with van der Waals surface area (Å²) in [6, 6.07) is 9.13. The second-order valence-electron chi connectivity index (χ2n) is 7.53. The Morgan fingerprint density at radius 2 is 1.97 bits per heavy atom. The molecule has 0 atom stereocenters. The van der Waals surface area contributed by atoms with E-state index in [1.807, 2.05) is 11.5 Å². The summed E-state index contributed by atoms with van der Waals surface area (Å²) >= 11 is 0. The Hall–Kier alpha value is -3.36. The van der Waals surface area contributed by atoms with Crippen molar-refractivity contribution >= 4 is 27.0 Å². The molecule has 34 heavy (non-hydrogen) atoms. The summed E-state index contributed by atoms with van der Waals surface area (Å²) in [7, 11) is -3.86. The number of carbonyl (C=O) groups is 1. The van der Waals surface area contributed by atoms with E-state index in [9.17, 15) is 26.4 Å². The summed E-state index contributed by atoms with van der Waals surface area (Å²) in [6.45, 7) is 2.62. The van der Waals surface area contributed by atoms with Gasteiger partial charge in [-0.2, -0.15) is 13.2 Å². The molecule has 0 aliphatic carbocycles. The van der Waals surface area contributed by atoms with Crippen molar-refractivity contribution in [2.45, 2.75) is 43.8 Å². The third-order valence-electron chi connectivity index (χ3n) is 4.95. The molecule has 1 heterocycles. The molecule has 11 heteroatoms. The molecular weight excluding hydrogens is 469 g/mol. The first-order chi connectivity index (χ1) is 16.0. The highest BCUT2D eigenvalue weighted by Crippen LogP contribution is 2.29. The molecule has 3 aromatic rings. The first kappa shape index (κ1) is 25.3. The molecule has 3 N–H and O–H groups in total. The van der Waals surface area contributed by atoms with E-state index >= 15 is 0 Å². The first-order valence-corrected chi connectivity index (χ1v) is 12.0. The predicted octanol–water partition coefficient (Wildman–Crippen LogP) is 3.21. The fourth-order valence-corrected chi connectivity index (χ4v) is 3.91. The number of imidazole rings is 1. The normalized spacial score (nSPS) is 11.8. The Bertz CT molecular complexity index is 1370. The van der Waals surface area contributed by atoms with Crippen LogP contribution in [0.5, 0.6) is 0 Å². The van der Waals surface area contributed by atoms with Crippen molar-refractivity contribution in [3.05, 3.63) is 59.4 Å². The maximum atomic E-state index is 12.8. The van der Waals surface area contributed by atoms with Gasteiger partial charge in [-0.1, -0.05) is 24.8 Å². The van der Waals surface area contributed by atoms with Crippen LogP contribution in [0.1, 0.15) is 36.7 Å². The molecule has 0 aliphatic heterocycles. The second kappa shape index (κ2) is 10.3. The van der Waals surface area contributed by atoms with Gasteiger partial charge in [-0.3, -0.25) is 4.79 Å². The number of benzene rings is 2. The third-order valence-corrected chi connectivity index (χ3v) is 5.86. The molecule has 3 rings (SSSR count). The third kappa shape index (κ3) is 6.36. The van der Waals surface area contributed by atoms with Crippen LogP contribution in [0.2, 0.25) is 0 Å². The van der Waals surface area contributed by atoms with Gasteiger partial charge in [-0.15, -0.1) is 0 Å². The molecule has 180 valence electrons. The van der Waals surface area contributed by atoms with Crippen LogP contribution in [0.15, 0.2) is 47.4 Å². The van der Waals surface area contributed by atoms with E-state index in [1.165, 1.54) is 24.3 Å². The largest absolute Gasteiger partial charge is 0.416 e. The Kier molecular flexibility index (Phi) is 7.64. The van der Waals surface area contributed by atoms with Crippen molar-refractivity contribution < 1.29 is 26.4 Å². The van der Waals surface area contributed by atoms with E-state index in [1.54, 1.807) is 6.07 Å². The quantitative estimate of drug-likeness (QED) is 0.494. The number of sulfonamides is 1. The van der Waals surface area contributed by atoms with Crippen LogP contribution < -0.4 is 10.5 Å². The number of halogens is 3. The van der Waals surface area contributed by atoms with E-state index in [2.05, 4.69) is 22.1 Å². The monoisotopic (exact) mass is 492 g/mol. The number of carbonyl (C=O) groups excluding carboxylic acids is 1. The zero-order valence-corrected chi connectivity index (χ0v) is 19.1. The minimum atomic E-state index is -4.44. The van der Waals surface area contributed by atoms with Crippen LogP contribution in [-0.4, -0.2) is 30.4 Å². The first-order valence-electron chi connectivity index (χ1n) is 10.4. The number of nitrogens with zero attached hydrogens (tertiary/aromatic N) is 2. The van der Waals surface area contributed by atoms with Crippen LogP contribution in [-0.2, 0) is 34.0 Å². The summed E-state index contributed by atoms with van der Waals surface area (Å²) in [5, 5.41) is 7.81. The van der Waals surface area contributed by atoms with Gasteiger partial charge in [0.05, 0.1) is 28.0 Å². The molecule has 0 fully saturated rings. The highest BCUT2D eigenvalue weighted by atomic mass is 32.2. The number of primary sulfonamides is 1. The molecule has 0 bridgehead atoms. The zero-order chi connectivity index (χ0) is 24.9. The average molecular weight is 493 g/mol. The van der Waals surface area contributed by atoms with Crippen molar-refractivity contribution in [1.29, 1.82) is 0 Å². The summed E-state index contributed by atoms with van der Waals surface area (Å²) in [5.74, 6) is 5.59. The summed E-state index contributed by atoms with van der Waals surface area (Å²) in [6.07, 6.45) is -3.21. The standard InChI is InChI=1S/C23H23F3N4O3S/c1-2-13-30-20-9-8-18(34(27,32)33)15-19(20)29-21(30)10-11-22(31)28-12-4-6-16-5-3-7-17(14-16)23(24,25)26/h3,5,7-9,14-15H,2,10-13H2,1H3,(H,28,31)(H2,27,32,33). The fourth-order valence-electron chi connectivity index (χ4n) is 3.38. The van der Waals surface area contributed by atoms with E-state index < -0.39 is 21.8 Å². The molecule has 1 amide bonds. The van der Waals surface area contributed by atoms with Gasteiger partial charge in [0.25, 0.3) is 0 Å². The minimum Gasteiger partial charge on any atom is -0.345 e. The number of rotatable bonds is 7. The van der Waals surface area contributed by atoms with Gasteiger partial charge in [0.2, 0.25) is 15.9 Å². The lowest BCUT2D eigenvalue weighted by atomic mass is 10.1. The van der Waals surface area contributed by atoms with Crippen molar-refractivity contribution in [3.63, 3.8) is 0 Å². The van der Waals surface area contributed by atoms with Crippen LogP contribution in [0.4, 0.5) is 13.2 Å². The highest BCUT2D eigenvalue weighted by molar-refractivity contribution is 7.89. The maximum Gasteiger partial charge on any atom is 0.416 e. The molecule has 0 saturated carbocycles. The SMILES string of the molecule is CCCn1c(CCC(=O)NCC#Cc2cccc(C(F)(F)F)c2)nc2cc(S(N)(=O)=O)ccc21. The van der Waals surface area contributed by atoms with Gasteiger partial charge in [0, 0.05) is 24.9 Å². The van der Waals surface area contributed by atoms with Crippen molar-refractivity contribution in [3.8, 4) is 11.8 Å². The topological polar surface area (TPSA) is 107 Å². The van der Waals surface area contributed by atoms with Crippen LogP contribution in [0, 0.1) is 11.8 Å². The van der Waals surface area contributed by atoms with Crippen molar-refractivity contribution in [2.75, 3.05) is 6.54 Å². The maximum absolute atomic E-state index is 12.8. The summed E-state index contributed by atoms with van der Waals surface area (Å²) in [5.41, 5.74) is 0.643. The highest BCUT2D eigenvalue weighted by Gasteiger charge is 2.30. The number of aromatic nitrogens is 2. The van der Waals surface area contributed by atoms with Gasteiger partial charge in [-0.05, 0) is 42.8 Å². The van der Waals surface area contributed by atoms with E-state index in [0.717, 1.165) is 24.1 Å². The van der Waals surface area contributed by atoms with Gasteiger partial charge < -0.3 is 9.88 Å². The lowest BCUT2D eigenvalue weighted by Crippen LogP contribution is -2.24. The second-order valence-corrected chi connectivity index (χ2v) is 9.09. The number of hydrogen-bond acceptors (Lipinski definition) is 4. The zero-order valence-electron chi connectivity index (χ0n) is 18.3. The predicted molar refractivity (Wildman–Crippen MR) is 121 cm³/mol. The fraction of sp³-hybridized carbons (Fsp3) is 0.304. The average Bonchev–Trinajstić information content (AvgIpc) is 3.11. The number of amides is 1. The molecule has 0 spiro atoms. The number of alkyl halides is 3. The minimum absolute atomic E-state index is 0.0157. The van der Waals surface area contributed by atoms with Gasteiger partial charge in [-0.25, -0.2) is 18.5 Å². The van der Waals surface area contributed by atoms with Gasteiger partial charge in [0.15, 0.2) is 0 Å². The number of aryl methyl sites for hydroxylation is 2. The lowest BCUT2D eigenvalue weighted by Gasteiger charge is -2.08. The van der Waals surface area contributed by atoms with E-state index in [4.69, 9.17) is 5.14 Å². The number of nitrogens with two attached hydrogens (primary N) is 1. The van der Waals surface area contributed by atoms with Crippen LogP contribution in [0.3, 0.4) is 0 Å². The molecule has 1 aromatic heterocycles. The Morgan fingerprint density at radius 3 is 2.65 bits per heavy atom. The Balaban J connectivity index is 1.63. The number of nitrogens with one attached hydrogen (secondary N) is 1. The molecule has 2 aromatic carbocycles. The molecule has 7 nitrogen and oxygen atoms in total. The lowest BCUT2D eigenvalue weighted by molar-refractivity contribution is -0.137. The van der Waals surface area contributed by atoms with Crippen molar-refractivity contribution in [1.82, 2.24) is 14.9 Å². The van der Waals surface area contributed by atoms with Gasteiger partial charge in [0.1, 0.15) is 5.82 Å². The van der Waals surface area contributed by atoms with E-state index in [-0.39, 0.29) is 29.3 Å². The Morgan fingerprint density at radius 1 is 1.21 bits per heavy atom. The van der Waals surface area contributed by atoms with Crippen LogP contribution in [0.25, 0.3) is 11.0 Å². The number of fused-ring (bicyclic) bond motifs is 1. The summed E-state index contributed by atoms with van der Waals surface area (Å²) in [4.78, 5) is 16.7. The molecular formula is C23H23F3N4O3S. The molecule has 0 radical (unpaired) electrons. The number of hydrogen-bond donors (Lipinski definition) is 2. The molecule has 0 saturated heterocycles. The van der Waals surface area contributed by atoms with Crippen molar-refractivity contribution in [2.24, 2.45) is 5.14 Å². The molecule has 0 unspecified atom stereocenters. The van der Waals surface area contributed by atoms with Crippen LogP contribution >= 0.6 is 0 Å². The van der Waals surface area contributed by atoms with Gasteiger partial charge >= 0.3 is 6.18 Å². The molecule has 0 aliphatic rings. The Labute approximate surface area is 195 Å².